The Kier molecular flexibility index (Phi) is 4.32. The lowest BCUT2D eigenvalue weighted by Crippen LogP contribution is -2.39. The first-order chi connectivity index (χ1) is 8.87. The first-order valence-corrected chi connectivity index (χ1v) is 7.35. The molecule has 1 fully saturated rings. The van der Waals surface area contributed by atoms with Crippen LogP contribution in [-0.2, 0) is 0 Å². The van der Waals surface area contributed by atoms with Gasteiger partial charge in [0.2, 0.25) is 0 Å². The van der Waals surface area contributed by atoms with Gasteiger partial charge in [-0.15, -0.1) is 0 Å². The lowest BCUT2D eigenvalue weighted by atomic mass is 9.82. The molecule has 0 bridgehead atoms. The fourth-order valence-corrected chi connectivity index (χ4v) is 2.66. The van der Waals surface area contributed by atoms with Crippen molar-refractivity contribution in [2.75, 3.05) is 19.6 Å². The lowest BCUT2D eigenvalue weighted by molar-refractivity contribution is 0.0703. The van der Waals surface area contributed by atoms with Gasteiger partial charge in [0.25, 0.3) is 0 Å². The van der Waals surface area contributed by atoms with Crippen LogP contribution in [0.25, 0.3) is 0 Å². The normalized spacial score (nSPS) is 21.3. The number of rotatable bonds is 3. The first-order valence-electron chi connectivity index (χ1n) is 7.35. The van der Waals surface area contributed by atoms with Gasteiger partial charge in [-0.25, -0.2) is 0 Å². The van der Waals surface area contributed by atoms with Crippen molar-refractivity contribution in [1.82, 2.24) is 4.90 Å². The smallest absolute Gasteiger partial charge is 0.0917 e. The molecule has 1 heterocycles. The van der Waals surface area contributed by atoms with Crippen molar-refractivity contribution in [3.8, 4) is 0 Å². The lowest BCUT2D eigenvalue weighted by Gasteiger charge is -2.37. The summed E-state index contributed by atoms with van der Waals surface area (Å²) in [6, 6.07) is 6.28. The van der Waals surface area contributed by atoms with Gasteiger partial charge >= 0.3 is 0 Å². The Labute approximate surface area is 117 Å². The van der Waals surface area contributed by atoms with Crippen LogP contribution in [0, 0.1) is 19.3 Å². The largest absolute Gasteiger partial charge is 0.387 e. The van der Waals surface area contributed by atoms with Crippen LogP contribution in [0.1, 0.15) is 49.5 Å². The maximum atomic E-state index is 10.4. The number of benzene rings is 1. The summed E-state index contributed by atoms with van der Waals surface area (Å²) in [7, 11) is 0. The van der Waals surface area contributed by atoms with E-state index in [-0.39, 0.29) is 6.10 Å². The standard InChI is InChI=1S/C17H27NO/c1-13-5-6-15(11-14(13)2)16(19)12-18-9-7-17(3,4)8-10-18/h5-6,11,16,19H,7-10,12H2,1-4H3. The number of nitrogens with zero attached hydrogens (tertiary/aromatic N) is 1. The van der Waals surface area contributed by atoms with E-state index in [2.05, 4.69) is 50.8 Å². The van der Waals surface area contributed by atoms with Crippen LogP contribution >= 0.6 is 0 Å². The maximum Gasteiger partial charge on any atom is 0.0917 e. The number of piperidine rings is 1. The third-order valence-corrected chi connectivity index (χ3v) is 4.56. The highest BCUT2D eigenvalue weighted by atomic mass is 16.3. The van der Waals surface area contributed by atoms with E-state index in [9.17, 15) is 5.11 Å². The van der Waals surface area contributed by atoms with Crippen molar-refractivity contribution in [2.45, 2.75) is 46.6 Å². The van der Waals surface area contributed by atoms with Crippen molar-refractivity contribution in [1.29, 1.82) is 0 Å². The SMILES string of the molecule is Cc1ccc(C(O)CN2CCC(C)(C)CC2)cc1C. The predicted octanol–water partition coefficient (Wildman–Crippen LogP) is 3.46. The molecule has 1 aromatic carbocycles. The fourth-order valence-electron chi connectivity index (χ4n) is 2.66. The van der Waals surface area contributed by atoms with Gasteiger partial charge in [0.15, 0.2) is 0 Å². The molecule has 0 aromatic heterocycles. The molecule has 0 saturated carbocycles. The molecule has 2 rings (SSSR count). The first kappa shape index (κ1) is 14.5. The van der Waals surface area contributed by atoms with Crippen LogP contribution in [0.15, 0.2) is 18.2 Å². The van der Waals surface area contributed by atoms with E-state index in [0.29, 0.717) is 5.41 Å². The van der Waals surface area contributed by atoms with Gasteiger partial charge in [0, 0.05) is 6.54 Å². The second-order valence-corrected chi connectivity index (χ2v) is 6.82. The van der Waals surface area contributed by atoms with Crippen molar-refractivity contribution >= 4 is 0 Å². The Hall–Kier alpha value is -0.860. The van der Waals surface area contributed by atoms with Crippen molar-refractivity contribution < 1.29 is 5.11 Å². The predicted molar refractivity (Wildman–Crippen MR) is 80.3 cm³/mol. The van der Waals surface area contributed by atoms with Crippen molar-refractivity contribution in [3.63, 3.8) is 0 Å². The van der Waals surface area contributed by atoms with Crippen LogP contribution in [0.5, 0.6) is 0 Å². The highest BCUT2D eigenvalue weighted by molar-refractivity contribution is 5.31. The average molecular weight is 261 g/mol. The molecular formula is C17H27NO. The summed E-state index contributed by atoms with van der Waals surface area (Å²) >= 11 is 0. The molecule has 1 unspecified atom stereocenters. The van der Waals surface area contributed by atoms with Gasteiger partial charge in [-0.05, 0) is 61.9 Å². The zero-order valence-electron chi connectivity index (χ0n) is 12.7. The molecule has 2 heteroatoms. The maximum absolute atomic E-state index is 10.4. The average Bonchev–Trinajstić information content (AvgIpc) is 2.35. The minimum Gasteiger partial charge on any atom is -0.387 e. The van der Waals surface area contributed by atoms with E-state index in [0.717, 1.165) is 25.2 Å². The number of β-amino-alcohol motifs (C(OH)–C–C–N with tert-alkyl or cyclic N) is 1. The van der Waals surface area contributed by atoms with E-state index in [4.69, 9.17) is 0 Å². The van der Waals surface area contributed by atoms with Crippen molar-refractivity contribution in [3.05, 3.63) is 34.9 Å². The third kappa shape index (κ3) is 3.80. The molecule has 0 aliphatic carbocycles. The second kappa shape index (κ2) is 5.64. The molecule has 106 valence electrons. The van der Waals surface area contributed by atoms with Crippen LogP contribution in [0.3, 0.4) is 0 Å². The summed E-state index contributed by atoms with van der Waals surface area (Å²) in [5.74, 6) is 0. The van der Waals surface area contributed by atoms with E-state index in [1.54, 1.807) is 0 Å². The van der Waals surface area contributed by atoms with Crippen LogP contribution in [-0.4, -0.2) is 29.6 Å². The summed E-state index contributed by atoms with van der Waals surface area (Å²) in [4.78, 5) is 2.39. The van der Waals surface area contributed by atoms with Gasteiger partial charge in [0.05, 0.1) is 6.10 Å². The molecule has 1 saturated heterocycles. The molecule has 0 amide bonds. The number of aliphatic hydroxyl groups excluding tert-OH is 1. The van der Waals surface area contributed by atoms with E-state index >= 15 is 0 Å². The van der Waals surface area contributed by atoms with E-state index < -0.39 is 0 Å². The molecule has 1 atom stereocenters. The number of likely N-dealkylation sites (tertiary alicyclic amines) is 1. The van der Waals surface area contributed by atoms with Gasteiger partial charge in [0.1, 0.15) is 0 Å². The van der Waals surface area contributed by atoms with Gasteiger partial charge < -0.3 is 10.0 Å². The molecule has 0 radical (unpaired) electrons. The monoisotopic (exact) mass is 261 g/mol. The quantitative estimate of drug-likeness (QED) is 0.900. The number of aliphatic hydroxyl groups is 1. The third-order valence-electron chi connectivity index (χ3n) is 4.56. The summed E-state index contributed by atoms with van der Waals surface area (Å²) in [6.45, 7) is 11.9. The molecular weight excluding hydrogens is 234 g/mol. The minimum atomic E-state index is -0.361. The Morgan fingerprint density at radius 2 is 1.79 bits per heavy atom. The number of aryl methyl sites for hydroxylation is 2. The second-order valence-electron chi connectivity index (χ2n) is 6.82. The minimum absolute atomic E-state index is 0.361. The summed E-state index contributed by atoms with van der Waals surface area (Å²) < 4.78 is 0. The van der Waals surface area contributed by atoms with Gasteiger partial charge in [-0.3, -0.25) is 0 Å². The van der Waals surface area contributed by atoms with Gasteiger partial charge in [-0.2, -0.15) is 0 Å². The molecule has 1 aliphatic rings. The van der Waals surface area contributed by atoms with Crippen LogP contribution in [0.2, 0.25) is 0 Å². The molecule has 1 N–H and O–H groups in total. The number of hydrogen-bond donors (Lipinski definition) is 1. The Balaban J connectivity index is 1.94. The van der Waals surface area contributed by atoms with Crippen molar-refractivity contribution in [2.24, 2.45) is 5.41 Å². The fraction of sp³-hybridized carbons (Fsp3) is 0.647. The number of hydrogen-bond acceptors (Lipinski definition) is 2. The molecule has 1 aromatic rings. The highest BCUT2D eigenvalue weighted by Gasteiger charge is 2.26. The zero-order chi connectivity index (χ0) is 14.0. The molecule has 1 aliphatic heterocycles. The van der Waals surface area contributed by atoms with Crippen LogP contribution < -0.4 is 0 Å². The molecule has 0 spiro atoms. The summed E-state index contributed by atoms with van der Waals surface area (Å²) in [5.41, 5.74) is 4.07. The molecule has 2 nitrogen and oxygen atoms in total. The van der Waals surface area contributed by atoms with Crippen LogP contribution in [0.4, 0.5) is 0 Å². The Morgan fingerprint density at radius 1 is 1.16 bits per heavy atom. The topological polar surface area (TPSA) is 23.5 Å². The summed E-state index contributed by atoms with van der Waals surface area (Å²) in [5, 5.41) is 10.4. The zero-order valence-corrected chi connectivity index (χ0v) is 12.7. The van der Waals surface area contributed by atoms with Gasteiger partial charge in [-0.1, -0.05) is 32.0 Å². The molecule has 19 heavy (non-hydrogen) atoms. The van der Waals surface area contributed by atoms with E-state index in [1.165, 1.54) is 24.0 Å². The Morgan fingerprint density at radius 3 is 2.37 bits per heavy atom. The summed E-state index contributed by atoms with van der Waals surface area (Å²) in [6.07, 6.45) is 2.10. The van der Waals surface area contributed by atoms with E-state index in [1.807, 2.05) is 0 Å². The Bertz CT molecular complexity index is 429. The highest BCUT2D eigenvalue weighted by Crippen LogP contribution is 2.30.